The molecule has 2 aliphatic rings. The summed E-state index contributed by atoms with van der Waals surface area (Å²) in [6, 6.07) is 18.0. The van der Waals surface area contributed by atoms with Crippen LogP contribution in [0, 0.1) is 11.8 Å². The van der Waals surface area contributed by atoms with Gasteiger partial charge in [0.15, 0.2) is 0 Å². The van der Waals surface area contributed by atoms with Gasteiger partial charge in [0, 0.05) is 38.2 Å². The van der Waals surface area contributed by atoms with E-state index in [1.165, 1.54) is 0 Å². The van der Waals surface area contributed by atoms with Crippen LogP contribution in [0.4, 0.5) is 0 Å². The predicted molar refractivity (Wildman–Crippen MR) is 106 cm³/mol. The molecule has 2 aromatic rings. The molecule has 4 rings (SSSR count). The topological polar surface area (TPSA) is 40.6 Å². The number of hydrogen-bond acceptors (Lipinski definition) is 2. The Bertz CT molecular complexity index is 812. The van der Waals surface area contributed by atoms with Crippen LogP contribution in [0.2, 0.25) is 0 Å². The van der Waals surface area contributed by atoms with Crippen molar-refractivity contribution in [2.45, 2.75) is 19.3 Å². The number of rotatable bonds is 5. The molecule has 1 aliphatic heterocycles. The maximum absolute atomic E-state index is 12.8. The first-order valence-corrected chi connectivity index (χ1v) is 9.81. The predicted octanol–water partition coefficient (Wildman–Crippen LogP) is 3.68. The number of nitrogens with zero attached hydrogens (tertiary/aromatic N) is 2. The van der Waals surface area contributed by atoms with Crippen LogP contribution in [0.15, 0.2) is 54.6 Å². The third kappa shape index (κ3) is 4.05. The zero-order chi connectivity index (χ0) is 18.8. The molecule has 2 aromatic carbocycles. The van der Waals surface area contributed by atoms with Gasteiger partial charge in [-0.25, -0.2) is 0 Å². The fourth-order valence-electron chi connectivity index (χ4n) is 3.90. The molecule has 27 heavy (non-hydrogen) atoms. The van der Waals surface area contributed by atoms with Gasteiger partial charge in [0.1, 0.15) is 0 Å². The van der Waals surface area contributed by atoms with Crippen LogP contribution in [0.25, 0.3) is 11.1 Å². The van der Waals surface area contributed by atoms with Gasteiger partial charge in [0.2, 0.25) is 5.91 Å². The molecule has 0 bridgehead atoms. The fourth-order valence-corrected chi connectivity index (χ4v) is 3.90. The highest BCUT2D eigenvalue weighted by Crippen LogP contribution is 2.33. The minimum absolute atomic E-state index is 0.0431. The first kappa shape index (κ1) is 17.8. The number of benzene rings is 2. The lowest BCUT2D eigenvalue weighted by atomic mass is 10.0. The molecule has 0 unspecified atom stereocenters. The maximum Gasteiger partial charge on any atom is 0.253 e. The lowest BCUT2D eigenvalue weighted by Crippen LogP contribution is -2.34. The van der Waals surface area contributed by atoms with E-state index in [9.17, 15) is 9.59 Å². The zero-order valence-electron chi connectivity index (χ0n) is 15.8. The molecule has 0 radical (unpaired) electrons. The molecule has 1 saturated carbocycles. The molecule has 1 heterocycles. The van der Waals surface area contributed by atoms with Crippen molar-refractivity contribution < 1.29 is 9.59 Å². The van der Waals surface area contributed by atoms with Gasteiger partial charge >= 0.3 is 0 Å². The molecular weight excluding hydrogens is 336 g/mol. The van der Waals surface area contributed by atoms with E-state index in [1.807, 2.05) is 54.4 Å². The van der Waals surface area contributed by atoms with Crippen molar-refractivity contribution in [1.29, 1.82) is 0 Å². The molecular formula is C23H26N2O2. The minimum atomic E-state index is 0.0431. The summed E-state index contributed by atoms with van der Waals surface area (Å²) in [6.45, 7) is 2.33. The molecule has 4 heteroatoms. The summed E-state index contributed by atoms with van der Waals surface area (Å²) in [5.41, 5.74) is 2.97. The van der Waals surface area contributed by atoms with Crippen LogP contribution in [0.3, 0.4) is 0 Å². The van der Waals surface area contributed by atoms with Gasteiger partial charge < -0.3 is 9.80 Å². The standard InChI is InChI=1S/C23H26N2O2/c1-24(15-17-13-14-25(16-17)23(27)21-11-12-21)22(26)20-9-7-19(8-10-20)18-5-3-2-4-6-18/h2-10,17,21H,11-16H2,1H3/t17-/m1/s1. The molecule has 0 spiro atoms. The summed E-state index contributed by atoms with van der Waals surface area (Å²) in [7, 11) is 1.86. The minimum Gasteiger partial charge on any atom is -0.342 e. The average molecular weight is 362 g/mol. The van der Waals surface area contributed by atoms with E-state index in [0.29, 0.717) is 23.9 Å². The third-order valence-corrected chi connectivity index (χ3v) is 5.64. The molecule has 1 atom stereocenters. The van der Waals surface area contributed by atoms with Crippen molar-refractivity contribution >= 4 is 11.8 Å². The SMILES string of the molecule is CN(C[C@H]1CCN(C(=O)C2CC2)C1)C(=O)c1ccc(-c2ccccc2)cc1. The molecule has 0 N–H and O–H groups in total. The lowest BCUT2D eigenvalue weighted by Gasteiger charge is -2.22. The number of amides is 2. The molecule has 1 saturated heterocycles. The molecule has 4 nitrogen and oxygen atoms in total. The Morgan fingerprint density at radius 1 is 0.963 bits per heavy atom. The largest absolute Gasteiger partial charge is 0.342 e. The Hall–Kier alpha value is -2.62. The normalized spacial score (nSPS) is 19.1. The highest BCUT2D eigenvalue weighted by Gasteiger charge is 2.36. The van der Waals surface area contributed by atoms with Gasteiger partial charge in [-0.1, -0.05) is 42.5 Å². The van der Waals surface area contributed by atoms with E-state index in [0.717, 1.165) is 43.5 Å². The second-order valence-electron chi connectivity index (χ2n) is 7.84. The Balaban J connectivity index is 1.34. The van der Waals surface area contributed by atoms with E-state index in [2.05, 4.69) is 12.1 Å². The van der Waals surface area contributed by atoms with Crippen LogP contribution in [-0.2, 0) is 4.79 Å². The quantitative estimate of drug-likeness (QED) is 0.814. The molecule has 1 aliphatic carbocycles. The molecule has 140 valence electrons. The number of hydrogen-bond donors (Lipinski definition) is 0. The van der Waals surface area contributed by atoms with Crippen molar-refractivity contribution in [2.75, 3.05) is 26.7 Å². The van der Waals surface area contributed by atoms with Crippen molar-refractivity contribution in [2.24, 2.45) is 11.8 Å². The Morgan fingerprint density at radius 2 is 1.63 bits per heavy atom. The first-order chi connectivity index (χ1) is 13.1. The van der Waals surface area contributed by atoms with Crippen molar-refractivity contribution in [3.8, 4) is 11.1 Å². The molecule has 2 fully saturated rings. The van der Waals surface area contributed by atoms with E-state index in [1.54, 1.807) is 4.90 Å². The van der Waals surface area contributed by atoms with Gasteiger partial charge in [0.05, 0.1) is 0 Å². The zero-order valence-corrected chi connectivity index (χ0v) is 15.8. The Morgan fingerprint density at radius 3 is 2.30 bits per heavy atom. The third-order valence-electron chi connectivity index (χ3n) is 5.64. The van der Waals surface area contributed by atoms with Crippen molar-refractivity contribution in [3.63, 3.8) is 0 Å². The van der Waals surface area contributed by atoms with Crippen LogP contribution in [0.5, 0.6) is 0 Å². The first-order valence-electron chi connectivity index (χ1n) is 9.81. The van der Waals surface area contributed by atoms with Crippen molar-refractivity contribution in [1.82, 2.24) is 9.80 Å². The Kier molecular flexibility index (Phi) is 4.97. The van der Waals surface area contributed by atoms with E-state index in [4.69, 9.17) is 0 Å². The summed E-state index contributed by atoms with van der Waals surface area (Å²) in [5.74, 6) is 1.03. The van der Waals surface area contributed by atoms with Crippen LogP contribution >= 0.6 is 0 Å². The van der Waals surface area contributed by atoms with Gasteiger partial charge in [-0.2, -0.15) is 0 Å². The van der Waals surface area contributed by atoms with Crippen molar-refractivity contribution in [3.05, 3.63) is 60.2 Å². The Labute approximate surface area is 160 Å². The summed E-state index contributed by atoms with van der Waals surface area (Å²) in [5, 5.41) is 0. The van der Waals surface area contributed by atoms with E-state index < -0.39 is 0 Å². The van der Waals surface area contributed by atoms with Crippen LogP contribution in [-0.4, -0.2) is 48.3 Å². The highest BCUT2D eigenvalue weighted by molar-refractivity contribution is 5.94. The number of likely N-dealkylation sites (tertiary alicyclic amines) is 1. The second kappa shape index (κ2) is 7.55. The lowest BCUT2D eigenvalue weighted by molar-refractivity contribution is -0.131. The summed E-state index contributed by atoms with van der Waals surface area (Å²) >= 11 is 0. The highest BCUT2D eigenvalue weighted by atomic mass is 16.2. The smallest absolute Gasteiger partial charge is 0.253 e. The van der Waals surface area contributed by atoms with Crippen LogP contribution in [0.1, 0.15) is 29.6 Å². The number of carbonyl (C=O) groups is 2. The van der Waals surface area contributed by atoms with Crippen LogP contribution < -0.4 is 0 Å². The van der Waals surface area contributed by atoms with Gasteiger partial charge in [0.25, 0.3) is 5.91 Å². The van der Waals surface area contributed by atoms with Gasteiger partial charge in [-0.15, -0.1) is 0 Å². The van der Waals surface area contributed by atoms with Gasteiger partial charge in [-0.05, 0) is 48.4 Å². The summed E-state index contributed by atoms with van der Waals surface area (Å²) in [4.78, 5) is 28.7. The summed E-state index contributed by atoms with van der Waals surface area (Å²) in [6.07, 6.45) is 3.09. The maximum atomic E-state index is 12.8. The molecule has 0 aromatic heterocycles. The average Bonchev–Trinajstić information content (AvgIpc) is 3.46. The second-order valence-corrected chi connectivity index (χ2v) is 7.84. The van der Waals surface area contributed by atoms with Gasteiger partial charge in [-0.3, -0.25) is 9.59 Å². The fraction of sp³-hybridized carbons (Fsp3) is 0.391. The molecule has 2 amide bonds. The monoisotopic (exact) mass is 362 g/mol. The number of carbonyl (C=O) groups excluding carboxylic acids is 2. The summed E-state index contributed by atoms with van der Waals surface area (Å²) < 4.78 is 0. The van der Waals surface area contributed by atoms with E-state index >= 15 is 0 Å². The van der Waals surface area contributed by atoms with E-state index in [-0.39, 0.29) is 11.8 Å².